The maximum Gasteiger partial charge on any atom is 0.490 e. The second-order valence-corrected chi connectivity index (χ2v) is 7.82. The Morgan fingerprint density at radius 2 is 1.83 bits per heavy atom. The van der Waals surface area contributed by atoms with Gasteiger partial charge in [-0.1, -0.05) is 0 Å². The summed E-state index contributed by atoms with van der Waals surface area (Å²) in [7, 11) is 0. The Morgan fingerprint density at radius 3 is 2.41 bits per heavy atom. The van der Waals surface area contributed by atoms with E-state index in [-0.39, 0.29) is 5.78 Å². The van der Waals surface area contributed by atoms with Gasteiger partial charge in [0, 0.05) is 25.1 Å². The lowest BCUT2D eigenvalue weighted by molar-refractivity contribution is -0.192. The van der Waals surface area contributed by atoms with Crippen molar-refractivity contribution >= 4 is 17.6 Å². The molecule has 0 radical (unpaired) electrons. The highest BCUT2D eigenvalue weighted by Gasteiger charge is 2.38. The van der Waals surface area contributed by atoms with E-state index in [1.54, 1.807) is 0 Å². The first kappa shape index (κ1) is 21.5. The van der Waals surface area contributed by atoms with Gasteiger partial charge in [0.1, 0.15) is 5.82 Å². The van der Waals surface area contributed by atoms with Crippen molar-refractivity contribution in [2.75, 3.05) is 31.1 Å². The number of anilines is 1. The van der Waals surface area contributed by atoms with Gasteiger partial charge in [0.15, 0.2) is 5.78 Å². The normalized spacial score (nSPS) is 22.7. The van der Waals surface area contributed by atoms with E-state index in [1.807, 2.05) is 6.07 Å². The largest absolute Gasteiger partial charge is 0.490 e. The number of aryl methyl sites for hydroxylation is 1. The molecule has 3 heterocycles. The summed E-state index contributed by atoms with van der Waals surface area (Å²) in [5, 5.41) is 10.6. The molecule has 1 atom stereocenters. The molecule has 1 aromatic heterocycles. The van der Waals surface area contributed by atoms with Crippen LogP contribution in [0.25, 0.3) is 0 Å². The maximum absolute atomic E-state index is 11.9. The van der Waals surface area contributed by atoms with Gasteiger partial charge >= 0.3 is 12.1 Å². The average Bonchev–Trinajstić information content (AvgIpc) is 3.23. The number of aromatic nitrogens is 1. The molecule has 160 valence electrons. The van der Waals surface area contributed by atoms with Crippen molar-refractivity contribution < 1.29 is 27.9 Å². The van der Waals surface area contributed by atoms with E-state index in [1.165, 1.54) is 32.4 Å². The van der Waals surface area contributed by atoms with Crippen molar-refractivity contribution in [3.63, 3.8) is 0 Å². The van der Waals surface area contributed by atoms with Gasteiger partial charge in [0.2, 0.25) is 0 Å². The zero-order valence-corrected chi connectivity index (χ0v) is 16.2. The second-order valence-electron chi connectivity index (χ2n) is 7.82. The maximum atomic E-state index is 11.9. The van der Waals surface area contributed by atoms with E-state index in [0.717, 1.165) is 54.8 Å². The molecule has 1 aromatic rings. The highest BCUT2D eigenvalue weighted by atomic mass is 19.4. The number of hydrogen-bond acceptors (Lipinski definition) is 5. The zero-order chi connectivity index (χ0) is 21.0. The van der Waals surface area contributed by atoms with E-state index in [4.69, 9.17) is 14.9 Å². The van der Waals surface area contributed by atoms with Gasteiger partial charge in [0.05, 0.1) is 5.69 Å². The van der Waals surface area contributed by atoms with Gasteiger partial charge in [-0.25, -0.2) is 9.78 Å². The number of carboxylic acid groups (broad SMARTS) is 1. The third-order valence-electron chi connectivity index (χ3n) is 5.95. The first-order chi connectivity index (χ1) is 13.8. The number of Topliss-reactive ketones (excluding diaryl/α,β-unsaturated/α-hetero) is 1. The summed E-state index contributed by atoms with van der Waals surface area (Å²) in [5.74, 6) is 0.360. The molecule has 0 amide bonds. The SMILES string of the molecule is O=C(O)C(F)(F)F.O=C1CCCc2nc(N3CCC(C4CCNC4)CC3)ccc21. The number of aliphatic carboxylic acids is 1. The number of nitrogens with zero attached hydrogens (tertiary/aromatic N) is 2. The minimum atomic E-state index is -5.08. The number of carboxylic acids is 1. The molecule has 2 fully saturated rings. The molecule has 2 saturated heterocycles. The lowest BCUT2D eigenvalue weighted by Crippen LogP contribution is -2.37. The number of nitrogens with one attached hydrogen (secondary N) is 1. The molecule has 3 aliphatic rings. The van der Waals surface area contributed by atoms with Crippen LogP contribution in [0.3, 0.4) is 0 Å². The Labute approximate surface area is 167 Å². The van der Waals surface area contributed by atoms with Crippen LogP contribution in [0.15, 0.2) is 12.1 Å². The number of carbonyl (C=O) groups is 2. The molecular formula is C20H26F3N3O3. The highest BCUT2D eigenvalue weighted by molar-refractivity contribution is 5.98. The van der Waals surface area contributed by atoms with Gasteiger partial charge in [-0.3, -0.25) is 4.79 Å². The topological polar surface area (TPSA) is 82.5 Å². The summed E-state index contributed by atoms with van der Waals surface area (Å²) in [6.07, 6.45) is 1.44. The van der Waals surface area contributed by atoms with Crippen molar-refractivity contribution in [1.29, 1.82) is 0 Å². The van der Waals surface area contributed by atoms with E-state index in [2.05, 4.69) is 16.3 Å². The molecule has 0 bridgehead atoms. The standard InChI is InChI=1S/C18H25N3O.C2HF3O2/c22-17-3-1-2-16-15(17)4-5-18(20-16)21-10-7-13(8-11-21)14-6-9-19-12-14;3-2(4,5)1(6)7/h4-5,13-14,19H,1-3,6-12H2;(H,6,7). The molecule has 1 aliphatic carbocycles. The number of rotatable bonds is 2. The molecule has 0 saturated carbocycles. The third-order valence-corrected chi connectivity index (χ3v) is 5.95. The summed E-state index contributed by atoms with van der Waals surface area (Å²) in [6, 6.07) is 4.06. The van der Waals surface area contributed by atoms with Gasteiger partial charge in [-0.05, 0) is 69.2 Å². The van der Waals surface area contributed by atoms with Crippen molar-refractivity contribution in [2.24, 2.45) is 11.8 Å². The fourth-order valence-electron chi connectivity index (χ4n) is 4.34. The summed E-state index contributed by atoms with van der Waals surface area (Å²) < 4.78 is 31.7. The molecule has 2 aliphatic heterocycles. The lowest BCUT2D eigenvalue weighted by atomic mass is 9.84. The number of piperidine rings is 1. The van der Waals surface area contributed by atoms with Gasteiger partial charge in [-0.2, -0.15) is 13.2 Å². The van der Waals surface area contributed by atoms with Gasteiger partial charge in [0.25, 0.3) is 0 Å². The molecule has 29 heavy (non-hydrogen) atoms. The number of alkyl halides is 3. The van der Waals surface area contributed by atoms with Gasteiger partial charge in [-0.15, -0.1) is 0 Å². The number of ketones is 1. The molecule has 0 spiro atoms. The molecule has 0 aromatic carbocycles. The summed E-state index contributed by atoms with van der Waals surface area (Å²) >= 11 is 0. The summed E-state index contributed by atoms with van der Waals surface area (Å²) in [6.45, 7) is 4.64. The predicted octanol–water partition coefficient (Wildman–Crippen LogP) is 3.06. The van der Waals surface area contributed by atoms with Crippen molar-refractivity contribution in [3.8, 4) is 0 Å². The van der Waals surface area contributed by atoms with Gasteiger partial charge < -0.3 is 15.3 Å². The highest BCUT2D eigenvalue weighted by Crippen LogP contribution is 2.31. The Balaban J connectivity index is 0.000000298. The number of halogens is 3. The Hall–Kier alpha value is -2.16. The van der Waals surface area contributed by atoms with Crippen LogP contribution in [-0.2, 0) is 11.2 Å². The Morgan fingerprint density at radius 1 is 1.14 bits per heavy atom. The first-order valence-electron chi connectivity index (χ1n) is 10.0. The fraction of sp³-hybridized carbons (Fsp3) is 0.650. The lowest BCUT2D eigenvalue weighted by Gasteiger charge is -2.35. The van der Waals surface area contributed by atoms with Crippen LogP contribution >= 0.6 is 0 Å². The van der Waals surface area contributed by atoms with E-state index >= 15 is 0 Å². The molecule has 2 N–H and O–H groups in total. The van der Waals surface area contributed by atoms with Crippen LogP contribution < -0.4 is 10.2 Å². The van der Waals surface area contributed by atoms with E-state index in [0.29, 0.717) is 6.42 Å². The van der Waals surface area contributed by atoms with Crippen molar-refractivity contribution in [1.82, 2.24) is 10.3 Å². The smallest absolute Gasteiger partial charge is 0.475 e. The van der Waals surface area contributed by atoms with Crippen LogP contribution in [0.4, 0.5) is 19.0 Å². The first-order valence-corrected chi connectivity index (χ1v) is 10.0. The summed E-state index contributed by atoms with van der Waals surface area (Å²) in [5.41, 5.74) is 1.89. The molecule has 1 unspecified atom stereocenters. The van der Waals surface area contributed by atoms with Crippen molar-refractivity contribution in [2.45, 2.75) is 44.7 Å². The Kier molecular flexibility index (Phi) is 6.77. The van der Waals surface area contributed by atoms with E-state index in [9.17, 15) is 18.0 Å². The number of carbonyl (C=O) groups excluding carboxylic acids is 1. The molecular weight excluding hydrogens is 387 g/mol. The van der Waals surface area contributed by atoms with Crippen LogP contribution in [-0.4, -0.2) is 54.2 Å². The third kappa shape index (κ3) is 5.46. The minimum Gasteiger partial charge on any atom is -0.475 e. The monoisotopic (exact) mass is 413 g/mol. The molecule has 9 heteroatoms. The van der Waals surface area contributed by atoms with Crippen molar-refractivity contribution in [3.05, 3.63) is 23.4 Å². The van der Waals surface area contributed by atoms with Crippen LogP contribution in [0.1, 0.15) is 48.2 Å². The molecule has 6 nitrogen and oxygen atoms in total. The molecule has 4 rings (SSSR count). The second kappa shape index (κ2) is 9.11. The minimum absolute atomic E-state index is 0.271. The predicted molar refractivity (Wildman–Crippen MR) is 101 cm³/mol. The summed E-state index contributed by atoms with van der Waals surface area (Å²) in [4.78, 5) is 28.0. The number of fused-ring (bicyclic) bond motifs is 1. The average molecular weight is 413 g/mol. The Bertz CT molecular complexity index is 740. The zero-order valence-electron chi connectivity index (χ0n) is 16.2. The number of pyridine rings is 1. The number of hydrogen-bond donors (Lipinski definition) is 2. The quantitative estimate of drug-likeness (QED) is 0.776. The van der Waals surface area contributed by atoms with Crippen LogP contribution in [0, 0.1) is 11.8 Å². The fourth-order valence-corrected chi connectivity index (χ4v) is 4.34. The van der Waals surface area contributed by atoms with Crippen LogP contribution in [0.2, 0.25) is 0 Å². The van der Waals surface area contributed by atoms with Crippen LogP contribution in [0.5, 0.6) is 0 Å². The van der Waals surface area contributed by atoms with E-state index < -0.39 is 12.1 Å².